The number of nitrogens with zero attached hydrogens (tertiary/aromatic N) is 7. The Hall–Kier alpha value is -9.33. The minimum atomic E-state index is 0.563. The van der Waals surface area contributed by atoms with Crippen molar-refractivity contribution in [3.63, 3.8) is 0 Å². The van der Waals surface area contributed by atoms with E-state index in [9.17, 15) is 0 Å². The van der Waals surface area contributed by atoms with E-state index >= 15 is 0 Å². The molecule has 0 atom stereocenters. The summed E-state index contributed by atoms with van der Waals surface area (Å²) in [6.07, 6.45) is 4.35. The molecule has 5 aromatic heterocycles. The highest BCUT2D eigenvalue weighted by Crippen LogP contribution is 2.42. The number of benzene rings is 9. The van der Waals surface area contributed by atoms with E-state index in [1.807, 2.05) is 36.4 Å². The van der Waals surface area contributed by atoms with E-state index in [0.717, 1.165) is 77.5 Å². The molecule has 0 saturated carbocycles. The van der Waals surface area contributed by atoms with Crippen LogP contribution in [0.5, 0.6) is 0 Å². The van der Waals surface area contributed by atoms with Crippen LogP contribution in [0, 0.1) is 0 Å². The van der Waals surface area contributed by atoms with E-state index in [1.165, 1.54) is 27.2 Å². The molecular formula is C61H39N7. The molecule has 7 heteroatoms. The number of rotatable bonds is 7. The van der Waals surface area contributed by atoms with Gasteiger partial charge in [0, 0.05) is 72.9 Å². The van der Waals surface area contributed by atoms with Crippen molar-refractivity contribution in [1.82, 2.24) is 33.2 Å². The summed E-state index contributed by atoms with van der Waals surface area (Å²) in [4.78, 5) is 15.6. The number of aromatic nitrogens is 7. The second-order valence-electron chi connectivity index (χ2n) is 17.3. The van der Waals surface area contributed by atoms with Gasteiger partial charge in [-0.1, -0.05) is 140 Å². The van der Waals surface area contributed by atoms with Crippen molar-refractivity contribution in [2.24, 2.45) is 0 Å². The molecule has 5 heterocycles. The fraction of sp³-hybridized carbons (Fsp3) is 0. The number of fused-ring (bicyclic) bond motifs is 10. The van der Waals surface area contributed by atoms with E-state index in [0.29, 0.717) is 17.6 Å². The lowest BCUT2D eigenvalue weighted by molar-refractivity contribution is 0.955. The molecule has 0 aliphatic rings. The van der Waals surface area contributed by atoms with Crippen molar-refractivity contribution < 1.29 is 0 Å². The fourth-order valence-corrected chi connectivity index (χ4v) is 10.4. The molecule has 0 bridgehead atoms. The summed E-state index contributed by atoms with van der Waals surface area (Å²) in [7, 11) is 0. The smallest absolute Gasteiger partial charge is 0.238 e. The maximum atomic E-state index is 5.29. The van der Waals surface area contributed by atoms with Gasteiger partial charge in [0.05, 0.1) is 33.1 Å². The third-order valence-corrected chi connectivity index (χ3v) is 13.5. The predicted molar refractivity (Wildman–Crippen MR) is 278 cm³/mol. The lowest BCUT2D eigenvalue weighted by Crippen LogP contribution is -2.06. The Morgan fingerprint density at radius 3 is 1.13 bits per heavy atom. The van der Waals surface area contributed by atoms with E-state index in [-0.39, 0.29) is 0 Å². The summed E-state index contributed by atoms with van der Waals surface area (Å²) in [6.45, 7) is 0. The van der Waals surface area contributed by atoms with Gasteiger partial charge in [0.25, 0.3) is 0 Å². The zero-order chi connectivity index (χ0) is 44.7. The average Bonchev–Trinajstić information content (AvgIpc) is 4.20. The molecule has 68 heavy (non-hydrogen) atoms. The first kappa shape index (κ1) is 38.0. The van der Waals surface area contributed by atoms with Crippen LogP contribution >= 0.6 is 0 Å². The fourth-order valence-electron chi connectivity index (χ4n) is 10.4. The molecule has 0 unspecified atom stereocenters. The van der Waals surface area contributed by atoms with Crippen molar-refractivity contribution in [3.8, 4) is 56.9 Å². The monoisotopic (exact) mass is 869 g/mol. The lowest BCUT2D eigenvalue weighted by Gasteiger charge is -2.12. The van der Waals surface area contributed by atoms with Gasteiger partial charge >= 0.3 is 0 Å². The molecule has 0 saturated heterocycles. The molecule has 9 aromatic carbocycles. The second-order valence-corrected chi connectivity index (χ2v) is 17.3. The Bertz CT molecular complexity index is 4170. The maximum Gasteiger partial charge on any atom is 0.238 e. The molecule has 0 radical (unpaired) electrons. The molecule has 7 nitrogen and oxygen atoms in total. The van der Waals surface area contributed by atoms with Gasteiger partial charge in [-0.25, -0.2) is 4.98 Å². The molecule has 0 N–H and O–H groups in total. The van der Waals surface area contributed by atoms with Crippen molar-refractivity contribution >= 4 is 65.4 Å². The zero-order valence-corrected chi connectivity index (χ0v) is 36.6. The summed E-state index contributed by atoms with van der Waals surface area (Å²) < 4.78 is 9.21. The summed E-state index contributed by atoms with van der Waals surface area (Å²) in [5.41, 5.74) is 14.2. The van der Waals surface area contributed by atoms with Gasteiger partial charge in [0.2, 0.25) is 5.95 Å². The van der Waals surface area contributed by atoms with Crippen LogP contribution in [0.15, 0.2) is 237 Å². The van der Waals surface area contributed by atoms with Crippen molar-refractivity contribution in [2.75, 3.05) is 0 Å². The van der Waals surface area contributed by atoms with Crippen LogP contribution in [0.4, 0.5) is 0 Å². The number of hydrogen-bond donors (Lipinski definition) is 0. The summed E-state index contributed by atoms with van der Waals surface area (Å²) >= 11 is 0. The second kappa shape index (κ2) is 15.1. The lowest BCUT2D eigenvalue weighted by atomic mass is 10.00. The Morgan fingerprint density at radius 2 is 0.662 bits per heavy atom. The van der Waals surface area contributed by atoms with Crippen LogP contribution in [0.2, 0.25) is 0 Å². The molecule has 0 aliphatic heterocycles. The SMILES string of the molecule is c1ccc(-c2nc(-c3ccccc3)nc(-n3c4ccc(-c5ccc6c(c5)c5ccc7c(ccn7-c7ccccc7)c5n6-c5ccccc5)cc4c4ccc5c(ccn5-c5ccccc5)c43)n2)cc1. The first-order chi connectivity index (χ1) is 33.7. The molecule has 0 spiro atoms. The van der Waals surface area contributed by atoms with E-state index in [4.69, 9.17) is 15.0 Å². The number of para-hydroxylation sites is 3. The quantitative estimate of drug-likeness (QED) is 0.160. The minimum Gasteiger partial charge on any atom is -0.316 e. The van der Waals surface area contributed by atoms with Gasteiger partial charge < -0.3 is 13.7 Å². The van der Waals surface area contributed by atoms with Crippen LogP contribution in [-0.4, -0.2) is 33.2 Å². The van der Waals surface area contributed by atoms with E-state index in [2.05, 4.69) is 219 Å². The Balaban J connectivity index is 1.01. The van der Waals surface area contributed by atoms with Gasteiger partial charge in [-0.15, -0.1) is 0 Å². The summed E-state index contributed by atoms with van der Waals surface area (Å²) in [6, 6.07) is 79.5. The Labute approximate surface area is 390 Å². The Morgan fingerprint density at radius 1 is 0.265 bits per heavy atom. The topological polar surface area (TPSA) is 58.4 Å². The van der Waals surface area contributed by atoms with Gasteiger partial charge in [0.15, 0.2) is 11.6 Å². The number of hydrogen-bond acceptors (Lipinski definition) is 3. The van der Waals surface area contributed by atoms with Gasteiger partial charge in [-0.3, -0.25) is 4.57 Å². The van der Waals surface area contributed by atoms with Crippen LogP contribution < -0.4 is 0 Å². The highest BCUT2D eigenvalue weighted by Gasteiger charge is 2.23. The third kappa shape index (κ3) is 5.89. The third-order valence-electron chi connectivity index (χ3n) is 13.5. The molecule has 14 rings (SSSR count). The standard InChI is InChI=1S/C61H39N7/c1-6-16-40(17-7-1)59-62-60(41-18-8-2-9-19-41)64-61(63-59)68-56-31-27-43(39-52(56)48-29-33-54-50(58(48)68)35-37-66(54)45-22-12-4-13-23-45)42-26-30-55-51(38-42)47-28-32-53-49(34-36-65(53)44-20-10-3-11-21-44)57(47)67(55)46-24-14-5-15-25-46/h1-39H. The molecule has 14 aromatic rings. The highest BCUT2D eigenvalue weighted by molar-refractivity contribution is 6.21. The first-order valence-corrected chi connectivity index (χ1v) is 22.9. The first-order valence-electron chi connectivity index (χ1n) is 22.9. The Kier molecular flexibility index (Phi) is 8.45. The van der Waals surface area contributed by atoms with E-state index < -0.39 is 0 Å². The summed E-state index contributed by atoms with van der Waals surface area (Å²) in [5, 5.41) is 6.97. The van der Waals surface area contributed by atoms with Gasteiger partial charge in [-0.05, 0) is 96.1 Å². The molecule has 0 aliphatic carbocycles. The maximum absolute atomic E-state index is 5.29. The largest absolute Gasteiger partial charge is 0.316 e. The molecule has 0 fully saturated rings. The molecule has 0 amide bonds. The molecule has 318 valence electrons. The van der Waals surface area contributed by atoms with Crippen LogP contribution in [0.25, 0.3) is 122 Å². The van der Waals surface area contributed by atoms with Crippen molar-refractivity contribution in [3.05, 3.63) is 237 Å². The highest BCUT2D eigenvalue weighted by atomic mass is 15.2. The van der Waals surface area contributed by atoms with Gasteiger partial charge in [0.1, 0.15) is 0 Å². The summed E-state index contributed by atoms with van der Waals surface area (Å²) in [5.74, 6) is 1.80. The predicted octanol–water partition coefficient (Wildman–Crippen LogP) is 15.0. The average molecular weight is 870 g/mol. The minimum absolute atomic E-state index is 0.563. The normalized spacial score (nSPS) is 11.8. The van der Waals surface area contributed by atoms with Crippen LogP contribution in [0.1, 0.15) is 0 Å². The van der Waals surface area contributed by atoms with Crippen molar-refractivity contribution in [2.45, 2.75) is 0 Å². The molecular weight excluding hydrogens is 831 g/mol. The van der Waals surface area contributed by atoms with Crippen LogP contribution in [0.3, 0.4) is 0 Å². The van der Waals surface area contributed by atoms with Crippen molar-refractivity contribution in [1.29, 1.82) is 0 Å². The van der Waals surface area contributed by atoms with Crippen LogP contribution in [-0.2, 0) is 0 Å². The van der Waals surface area contributed by atoms with E-state index in [1.54, 1.807) is 0 Å². The zero-order valence-electron chi connectivity index (χ0n) is 36.6. The van der Waals surface area contributed by atoms with Gasteiger partial charge in [-0.2, -0.15) is 9.97 Å².